The monoisotopic (exact) mass is 388 g/mol. The first-order valence-electron chi connectivity index (χ1n) is 12.0. The minimum atomic E-state index is -4.01. The molecule has 160 valence electrons. The molecule has 0 amide bonds. The van der Waals surface area contributed by atoms with Crippen LogP contribution in [0.15, 0.2) is 0 Å². The summed E-state index contributed by atoms with van der Waals surface area (Å²) in [5.41, 5.74) is -1.37. The summed E-state index contributed by atoms with van der Waals surface area (Å²) in [6, 6.07) is 0. The van der Waals surface area contributed by atoms with E-state index in [4.69, 9.17) is 0 Å². The van der Waals surface area contributed by atoms with Crippen LogP contribution in [-0.4, -0.2) is 6.18 Å². The van der Waals surface area contributed by atoms with Crippen LogP contribution >= 0.6 is 0 Å². The fraction of sp³-hybridized carbons (Fsp3) is 1.00. The van der Waals surface area contributed by atoms with Crippen LogP contribution in [0, 0.1) is 23.2 Å². The highest BCUT2D eigenvalue weighted by Crippen LogP contribution is 2.55. The van der Waals surface area contributed by atoms with E-state index in [2.05, 4.69) is 13.8 Å². The smallest absolute Gasteiger partial charge is 0.171 e. The molecule has 2 aliphatic rings. The molecule has 0 aliphatic heterocycles. The van der Waals surface area contributed by atoms with Gasteiger partial charge >= 0.3 is 6.18 Å². The molecule has 0 bridgehead atoms. The molecule has 27 heavy (non-hydrogen) atoms. The summed E-state index contributed by atoms with van der Waals surface area (Å²) in [6.45, 7) is 4.37. The molecule has 0 aromatic heterocycles. The van der Waals surface area contributed by atoms with E-state index < -0.39 is 11.6 Å². The highest BCUT2D eigenvalue weighted by Gasteiger charge is 2.55. The van der Waals surface area contributed by atoms with E-state index in [1.165, 1.54) is 51.4 Å². The third-order valence-corrected chi connectivity index (χ3v) is 7.87. The fourth-order valence-corrected chi connectivity index (χ4v) is 5.86. The van der Waals surface area contributed by atoms with Gasteiger partial charge in [0.2, 0.25) is 0 Å². The first-order chi connectivity index (χ1) is 12.9. The number of hydrogen-bond donors (Lipinski definition) is 0. The van der Waals surface area contributed by atoms with Crippen LogP contribution in [0.5, 0.6) is 0 Å². The number of hydrogen-bond acceptors (Lipinski definition) is 0. The molecule has 0 atom stereocenters. The standard InChI is InChI=1S/C24H43F3/c1-3-5-7-9-17-23(24(25,26)27)18-15-22(16-19-23)21-13-11-20(12-14-21)10-8-6-4-2/h20-22H,3-19H2,1-2H3. The number of halogens is 3. The van der Waals surface area contributed by atoms with Crippen molar-refractivity contribution in [2.75, 3.05) is 0 Å². The third-order valence-electron chi connectivity index (χ3n) is 7.87. The summed E-state index contributed by atoms with van der Waals surface area (Å²) in [5, 5.41) is 0. The van der Waals surface area contributed by atoms with Crippen LogP contribution in [0.2, 0.25) is 0 Å². The normalized spacial score (nSPS) is 32.6. The first-order valence-corrected chi connectivity index (χ1v) is 12.0. The van der Waals surface area contributed by atoms with E-state index in [0.717, 1.165) is 44.4 Å². The molecule has 0 unspecified atom stereocenters. The van der Waals surface area contributed by atoms with E-state index in [9.17, 15) is 13.2 Å². The summed E-state index contributed by atoms with van der Waals surface area (Å²) in [7, 11) is 0. The summed E-state index contributed by atoms with van der Waals surface area (Å²) in [6.07, 6.45) is 13.2. The van der Waals surface area contributed by atoms with Crippen molar-refractivity contribution < 1.29 is 13.2 Å². The van der Waals surface area contributed by atoms with E-state index in [1.807, 2.05) is 0 Å². The molecule has 0 nitrogen and oxygen atoms in total. The zero-order valence-electron chi connectivity index (χ0n) is 17.9. The molecular weight excluding hydrogens is 345 g/mol. The highest BCUT2D eigenvalue weighted by atomic mass is 19.4. The molecule has 2 fully saturated rings. The van der Waals surface area contributed by atoms with Crippen molar-refractivity contribution in [2.24, 2.45) is 23.2 Å². The Kier molecular flexibility index (Phi) is 9.48. The maximum absolute atomic E-state index is 13.9. The molecule has 2 saturated carbocycles. The van der Waals surface area contributed by atoms with Gasteiger partial charge in [-0.3, -0.25) is 0 Å². The SMILES string of the molecule is CCCCCCC1(C(F)(F)F)CCC(C2CCC(CCCCC)CC2)CC1. The van der Waals surface area contributed by atoms with Gasteiger partial charge in [0.1, 0.15) is 0 Å². The molecule has 0 saturated heterocycles. The molecule has 2 rings (SSSR count). The lowest BCUT2D eigenvalue weighted by atomic mass is 9.62. The Labute approximate surface area is 166 Å². The van der Waals surface area contributed by atoms with E-state index in [1.54, 1.807) is 0 Å². The second kappa shape index (κ2) is 11.1. The predicted octanol–water partition coefficient (Wildman–Crippen LogP) is 9.08. The molecule has 0 spiro atoms. The minimum absolute atomic E-state index is 0.368. The molecule has 0 aromatic rings. The van der Waals surface area contributed by atoms with Gasteiger partial charge in [0, 0.05) is 0 Å². The predicted molar refractivity (Wildman–Crippen MR) is 109 cm³/mol. The maximum Gasteiger partial charge on any atom is 0.394 e. The zero-order chi connectivity index (χ0) is 19.8. The summed E-state index contributed by atoms with van der Waals surface area (Å²) < 4.78 is 41.6. The largest absolute Gasteiger partial charge is 0.394 e. The van der Waals surface area contributed by atoms with Crippen molar-refractivity contribution >= 4 is 0 Å². The molecular formula is C24H43F3. The first kappa shape index (κ1) is 23.1. The molecule has 0 N–H and O–H groups in total. The zero-order valence-corrected chi connectivity index (χ0v) is 17.9. The van der Waals surface area contributed by atoms with Crippen LogP contribution in [0.1, 0.15) is 123 Å². The van der Waals surface area contributed by atoms with Gasteiger partial charge in [-0.1, -0.05) is 78.1 Å². The lowest BCUT2D eigenvalue weighted by Gasteiger charge is -2.44. The molecule has 0 aromatic carbocycles. The third kappa shape index (κ3) is 6.67. The van der Waals surface area contributed by atoms with Crippen molar-refractivity contribution in [1.82, 2.24) is 0 Å². The van der Waals surface area contributed by atoms with Crippen molar-refractivity contribution in [2.45, 2.75) is 129 Å². The Morgan fingerprint density at radius 3 is 1.81 bits per heavy atom. The summed E-state index contributed by atoms with van der Waals surface area (Å²) >= 11 is 0. The molecule has 0 radical (unpaired) electrons. The second-order valence-corrected chi connectivity index (χ2v) is 9.70. The van der Waals surface area contributed by atoms with Crippen molar-refractivity contribution in [1.29, 1.82) is 0 Å². The Balaban J connectivity index is 1.78. The second-order valence-electron chi connectivity index (χ2n) is 9.70. The molecule has 3 heteroatoms. The molecule has 0 heterocycles. The Bertz CT molecular complexity index is 385. The minimum Gasteiger partial charge on any atom is -0.171 e. The Hall–Kier alpha value is -0.210. The van der Waals surface area contributed by atoms with Crippen LogP contribution < -0.4 is 0 Å². The van der Waals surface area contributed by atoms with Gasteiger partial charge in [-0.15, -0.1) is 0 Å². The van der Waals surface area contributed by atoms with E-state index in [-0.39, 0.29) is 0 Å². The van der Waals surface area contributed by atoms with Crippen LogP contribution in [0.3, 0.4) is 0 Å². The van der Waals surface area contributed by atoms with Crippen molar-refractivity contribution in [3.63, 3.8) is 0 Å². The lowest BCUT2D eigenvalue weighted by molar-refractivity contribution is -0.241. The lowest BCUT2D eigenvalue weighted by Crippen LogP contribution is -2.42. The van der Waals surface area contributed by atoms with Gasteiger partial charge in [-0.25, -0.2) is 0 Å². The van der Waals surface area contributed by atoms with Gasteiger partial charge in [-0.05, 0) is 62.7 Å². The van der Waals surface area contributed by atoms with Crippen LogP contribution in [0.4, 0.5) is 13.2 Å². The van der Waals surface area contributed by atoms with Crippen LogP contribution in [0.25, 0.3) is 0 Å². The number of rotatable bonds is 10. The average molecular weight is 389 g/mol. The van der Waals surface area contributed by atoms with Crippen molar-refractivity contribution in [3.05, 3.63) is 0 Å². The highest BCUT2D eigenvalue weighted by molar-refractivity contribution is 4.93. The van der Waals surface area contributed by atoms with Gasteiger partial charge in [0.15, 0.2) is 0 Å². The molecule has 2 aliphatic carbocycles. The Morgan fingerprint density at radius 2 is 1.26 bits per heavy atom. The van der Waals surface area contributed by atoms with Crippen LogP contribution in [-0.2, 0) is 0 Å². The summed E-state index contributed by atoms with van der Waals surface area (Å²) in [5.74, 6) is 2.16. The van der Waals surface area contributed by atoms with Gasteiger partial charge in [-0.2, -0.15) is 13.2 Å². The Morgan fingerprint density at radius 1 is 0.704 bits per heavy atom. The van der Waals surface area contributed by atoms with Crippen molar-refractivity contribution in [3.8, 4) is 0 Å². The van der Waals surface area contributed by atoms with Gasteiger partial charge in [0.05, 0.1) is 5.41 Å². The topological polar surface area (TPSA) is 0 Å². The van der Waals surface area contributed by atoms with E-state index >= 15 is 0 Å². The quantitative estimate of drug-likeness (QED) is 0.327. The fourth-order valence-electron chi connectivity index (χ4n) is 5.86. The number of unbranched alkanes of at least 4 members (excludes halogenated alkanes) is 5. The average Bonchev–Trinajstić information content (AvgIpc) is 2.66. The van der Waals surface area contributed by atoms with E-state index in [0.29, 0.717) is 31.1 Å². The maximum atomic E-state index is 13.9. The van der Waals surface area contributed by atoms with Gasteiger partial charge in [0.25, 0.3) is 0 Å². The summed E-state index contributed by atoms with van der Waals surface area (Å²) in [4.78, 5) is 0. The van der Waals surface area contributed by atoms with Gasteiger partial charge < -0.3 is 0 Å². The number of alkyl halides is 3.